The quantitative estimate of drug-likeness (QED) is 0.692. The van der Waals surface area contributed by atoms with Crippen molar-refractivity contribution >= 4 is 34.9 Å². The first-order chi connectivity index (χ1) is 10.3. The van der Waals surface area contributed by atoms with Crippen LogP contribution in [-0.2, 0) is 6.42 Å². The van der Waals surface area contributed by atoms with Crippen LogP contribution in [0.25, 0.3) is 29.2 Å². The van der Waals surface area contributed by atoms with Crippen LogP contribution >= 0.6 is 0 Å². The van der Waals surface area contributed by atoms with E-state index in [1.807, 2.05) is 12.2 Å². The van der Waals surface area contributed by atoms with Crippen LogP contribution in [0.1, 0.15) is 22.3 Å². The maximum Gasteiger partial charge on any atom is 0.343 e. The minimum absolute atomic E-state index is 0.223. The standard InChI is InChI=1S/C18H13NO2/c20-18-13-6-1-5-12(13)15-10-11-4-2-8-19-9-3-7-14(16(11)19)17(15)21-18/h1-4,6-7,10H,5,8-9H2. The predicted molar refractivity (Wildman–Crippen MR) is 85.5 cm³/mol. The van der Waals surface area contributed by atoms with Crippen molar-refractivity contribution in [2.24, 2.45) is 0 Å². The number of hydrogen-bond donors (Lipinski definition) is 0. The average molecular weight is 275 g/mol. The Hall–Kier alpha value is -2.55. The summed E-state index contributed by atoms with van der Waals surface area (Å²) >= 11 is 0. The molecule has 102 valence electrons. The number of benzene rings is 1. The Labute approximate surface area is 121 Å². The number of fused-ring (bicyclic) bond motifs is 4. The SMILES string of the molecule is O=c1oc2c3c4c(cc2c2c1C=CC2)C=CCN4CC=C3. The topological polar surface area (TPSA) is 33.5 Å². The van der Waals surface area contributed by atoms with Gasteiger partial charge in [-0.15, -0.1) is 0 Å². The van der Waals surface area contributed by atoms with E-state index in [0.29, 0.717) is 5.56 Å². The third kappa shape index (κ3) is 1.35. The van der Waals surface area contributed by atoms with Crippen molar-refractivity contribution in [3.05, 3.63) is 57.0 Å². The lowest BCUT2D eigenvalue weighted by atomic mass is 9.94. The molecule has 0 saturated carbocycles. The van der Waals surface area contributed by atoms with Crippen molar-refractivity contribution < 1.29 is 4.42 Å². The Morgan fingerprint density at radius 2 is 1.81 bits per heavy atom. The molecule has 3 heteroatoms. The third-order valence-electron chi connectivity index (χ3n) is 4.54. The Morgan fingerprint density at radius 3 is 2.71 bits per heavy atom. The molecule has 2 aliphatic heterocycles. The summed E-state index contributed by atoms with van der Waals surface area (Å²) in [4.78, 5) is 14.5. The highest BCUT2D eigenvalue weighted by Gasteiger charge is 2.25. The Bertz CT molecular complexity index is 944. The predicted octanol–water partition coefficient (Wildman–Crippen LogP) is 3.22. The molecule has 0 saturated heterocycles. The fourth-order valence-corrected chi connectivity index (χ4v) is 3.63. The first-order valence-corrected chi connectivity index (χ1v) is 7.24. The molecule has 0 spiro atoms. The normalized spacial score (nSPS) is 17.4. The Balaban J connectivity index is 2.00. The summed E-state index contributed by atoms with van der Waals surface area (Å²) in [5, 5.41) is 1.07. The molecule has 1 aliphatic carbocycles. The number of allylic oxidation sites excluding steroid dienone is 1. The van der Waals surface area contributed by atoms with Crippen LogP contribution in [0.2, 0.25) is 0 Å². The fourth-order valence-electron chi connectivity index (χ4n) is 3.63. The van der Waals surface area contributed by atoms with Crippen molar-refractivity contribution in [3.8, 4) is 0 Å². The highest BCUT2D eigenvalue weighted by Crippen LogP contribution is 2.40. The highest BCUT2D eigenvalue weighted by atomic mass is 16.4. The largest absolute Gasteiger partial charge is 0.422 e. The lowest BCUT2D eigenvalue weighted by Gasteiger charge is -2.32. The van der Waals surface area contributed by atoms with Gasteiger partial charge in [-0.05, 0) is 23.6 Å². The second-order valence-corrected chi connectivity index (χ2v) is 5.70. The van der Waals surface area contributed by atoms with Gasteiger partial charge in [-0.25, -0.2) is 4.79 Å². The first-order valence-electron chi connectivity index (χ1n) is 7.24. The highest BCUT2D eigenvalue weighted by molar-refractivity contribution is 6.00. The van der Waals surface area contributed by atoms with Gasteiger partial charge in [0, 0.05) is 24.0 Å². The van der Waals surface area contributed by atoms with Gasteiger partial charge in [0.15, 0.2) is 0 Å². The van der Waals surface area contributed by atoms with Crippen molar-refractivity contribution in [1.82, 2.24) is 0 Å². The molecule has 0 N–H and O–H groups in total. The minimum atomic E-state index is -0.223. The zero-order valence-electron chi connectivity index (χ0n) is 11.4. The third-order valence-corrected chi connectivity index (χ3v) is 4.54. The minimum Gasteiger partial charge on any atom is -0.422 e. The molecule has 0 atom stereocenters. The summed E-state index contributed by atoms with van der Waals surface area (Å²) in [6.45, 7) is 1.82. The molecule has 0 bridgehead atoms. The van der Waals surface area contributed by atoms with Crippen molar-refractivity contribution in [2.75, 3.05) is 18.0 Å². The molecule has 0 amide bonds. The van der Waals surface area contributed by atoms with E-state index in [9.17, 15) is 4.79 Å². The summed E-state index contributed by atoms with van der Waals surface area (Å²) in [5.41, 5.74) is 5.79. The van der Waals surface area contributed by atoms with E-state index < -0.39 is 0 Å². The zero-order valence-corrected chi connectivity index (χ0v) is 11.4. The van der Waals surface area contributed by atoms with Crippen LogP contribution < -0.4 is 10.5 Å². The fraction of sp³-hybridized carbons (Fsp3) is 0.167. The maximum absolute atomic E-state index is 12.2. The summed E-state index contributed by atoms with van der Waals surface area (Å²) in [6, 6.07) is 2.17. The van der Waals surface area contributed by atoms with E-state index in [4.69, 9.17) is 4.42 Å². The number of anilines is 1. The van der Waals surface area contributed by atoms with Crippen LogP contribution in [-0.4, -0.2) is 13.1 Å². The summed E-state index contributed by atoms with van der Waals surface area (Å²) in [6.07, 6.45) is 13.3. The van der Waals surface area contributed by atoms with Gasteiger partial charge >= 0.3 is 5.63 Å². The number of nitrogens with zero attached hydrogens (tertiary/aromatic N) is 1. The molecule has 0 radical (unpaired) electrons. The molecule has 1 aromatic carbocycles. The number of rotatable bonds is 0. The van der Waals surface area contributed by atoms with E-state index in [2.05, 4.69) is 35.3 Å². The van der Waals surface area contributed by atoms with Gasteiger partial charge in [0.1, 0.15) is 5.58 Å². The first kappa shape index (κ1) is 11.1. The molecule has 3 nitrogen and oxygen atoms in total. The molecule has 3 heterocycles. The van der Waals surface area contributed by atoms with Gasteiger partial charge in [0.05, 0.1) is 11.3 Å². The van der Waals surface area contributed by atoms with Crippen LogP contribution in [0.15, 0.2) is 33.5 Å². The number of hydrogen-bond acceptors (Lipinski definition) is 3. The van der Waals surface area contributed by atoms with Crippen LogP contribution in [0.3, 0.4) is 0 Å². The Morgan fingerprint density at radius 1 is 1.00 bits per heavy atom. The van der Waals surface area contributed by atoms with Crippen LogP contribution in [0.5, 0.6) is 0 Å². The van der Waals surface area contributed by atoms with Crippen LogP contribution in [0, 0.1) is 0 Å². The molecular weight excluding hydrogens is 262 g/mol. The molecule has 21 heavy (non-hydrogen) atoms. The monoisotopic (exact) mass is 275 g/mol. The lowest BCUT2D eigenvalue weighted by molar-refractivity contribution is 0.557. The van der Waals surface area contributed by atoms with Crippen LogP contribution in [0.4, 0.5) is 5.69 Å². The molecular formula is C18H13NO2. The van der Waals surface area contributed by atoms with Gasteiger partial charge < -0.3 is 9.32 Å². The van der Waals surface area contributed by atoms with E-state index in [1.54, 1.807) is 0 Å². The van der Waals surface area contributed by atoms with Gasteiger partial charge in [-0.1, -0.05) is 36.5 Å². The van der Waals surface area contributed by atoms with Crippen molar-refractivity contribution in [1.29, 1.82) is 0 Å². The smallest absolute Gasteiger partial charge is 0.343 e. The van der Waals surface area contributed by atoms with Crippen molar-refractivity contribution in [3.63, 3.8) is 0 Å². The van der Waals surface area contributed by atoms with E-state index in [1.165, 1.54) is 11.3 Å². The van der Waals surface area contributed by atoms with E-state index in [-0.39, 0.29) is 5.63 Å². The van der Waals surface area contributed by atoms with E-state index in [0.717, 1.165) is 41.6 Å². The Kier molecular flexibility index (Phi) is 1.99. The molecule has 5 rings (SSSR count). The van der Waals surface area contributed by atoms with E-state index >= 15 is 0 Å². The molecule has 1 aromatic heterocycles. The molecule has 0 fully saturated rings. The van der Waals surface area contributed by atoms with Gasteiger partial charge in [0.25, 0.3) is 0 Å². The molecule has 3 aliphatic rings. The average Bonchev–Trinajstić information content (AvgIpc) is 3.00. The van der Waals surface area contributed by atoms with Gasteiger partial charge in [-0.2, -0.15) is 0 Å². The lowest BCUT2D eigenvalue weighted by Crippen LogP contribution is -2.28. The maximum atomic E-state index is 12.2. The molecule has 0 unspecified atom stereocenters. The summed E-state index contributed by atoms with van der Waals surface area (Å²) in [7, 11) is 0. The summed E-state index contributed by atoms with van der Waals surface area (Å²) in [5.74, 6) is 0. The molecule has 2 aromatic rings. The van der Waals surface area contributed by atoms with Crippen molar-refractivity contribution in [2.45, 2.75) is 6.42 Å². The second-order valence-electron chi connectivity index (χ2n) is 5.70. The second kappa shape index (κ2) is 3.76. The zero-order chi connectivity index (χ0) is 14.0. The summed E-state index contributed by atoms with van der Waals surface area (Å²) < 4.78 is 5.67. The van der Waals surface area contributed by atoms with Gasteiger partial charge in [-0.3, -0.25) is 0 Å². The van der Waals surface area contributed by atoms with Gasteiger partial charge in [0.2, 0.25) is 0 Å².